The second kappa shape index (κ2) is 8.73. The predicted molar refractivity (Wildman–Crippen MR) is 114 cm³/mol. The Kier molecular flexibility index (Phi) is 6.51. The van der Waals surface area contributed by atoms with E-state index >= 15 is 0 Å². The second-order valence-electron chi connectivity index (χ2n) is 7.25. The Balaban J connectivity index is 1.77. The van der Waals surface area contributed by atoms with Gasteiger partial charge < -0.3 is 10.1 Å². The van der Waals surface area contributed by atoms with Crippen LogP contribution in [0.25, 0.3) is 0 Å². The van der Waals surface area contributed by atoms with Gasteiger partial charge in [-0.25, -0.2) is 8.42 Å². The molecule has 0 radical (unpaired) electrons. The van der Waals surface area contributed by atoms with Crippen molar-refractivity contribution < 1.29 is 17.9 Å². The van der Waals surface area contributed by atoms with Gasteiger partial charge >= 0.3 is 0 Å². The van der Waals surface area contributed by atoms with Crippen molar-refractivity contribution in [3.05, 3.63) is 52.5 Å². The highest BCUT2D eigenvalue weighted by molar-refractivity contribution is 7.89. The summed E-state index contributed by atoms with van der Waals surface area (Å²) in [5.41, 5.74) is 2.75. The van der Waals surface area contributed by atoms with Crippen molar-refractivity contribution in [2.45, 2.75) is 31.6 Å². The molecule has 1 heterocycles. The van der Waals surface area contributed by atoms with Gasteiger partial charge in [0.1, 0.15) is 5.75 Å². The molecule has 0 aromatic heterocycles. The first-order valence-electron chi connectivity index (χ1n) is 9.45. The quantitative estimate of drug-likeness (QED) is 0.768. The van der Waals surface area contributed by atoms with Crippen molar-refractivity contribution in [2.75, 3.05) is 25.5 Å². The first kappa shape index (κ1) is 21.6. The lowest BCUT2D eigenvalue weighted by atomic mass is 9.98. The monoisotopic (exact) mass is 436 g/mol. The van der Waals surface area contributed by atoms with Crippen molar-refractivity contribution in [1.29, 1.82) is 0 Å². The Morgan fingerprint density at radius 2 is 1.90 bits per heavy atom. The number of hydrogen-bond acceptors (Lipinski definition) is 4. The molecule has 1 aliphatic rings. The number of hydrogen-bond donors (Lipinski definition) is 1. The van der Waals surface area contributed by atoms with Crippen molar-refractivity contribution >= 4 is 33.2 Å². The Hall–Kier alpha value is -2.09. The molecular weight excluding hydrogens is 412 g/mol. The number of halogens is 1. The highest BCUT2D eigenvalue weighted by atomic mass is 35.5. The molecule has 3 rings (SSSR count). The number of amides is 1. The molecule has 1 atom stereocenters. The van der Waals surface area contributed by atoms with Crippen LogP contribution < -0.4 is 10.1 Å². The lowest BCUT2D eigenvalue weighted by molar-refractivity contribution is -0.120. The van der Waals surface area contributed by atoms with Crippen LogP contribution in [0.4, 0.5) is 5.69 Å². The van der Waals surface area contributed by atoms with Crippen molar-refractivity contribution in [1.82, 2.24) is 4.31 Å². The van der Waals surface area contributed by atoms with Crippen LogP contribution in [0.5, 0.6) is 5.75 Å². The molecule has 1 aliphatic heterocycles. The summed E-state index contributed by atoms with van der Waals surface area (Å²) in [6.45, 7) is 4.39. The van der Waals surface area contributed by atoms with Gasteiger partial charge in [0, 0.05) is 18.8 Å². The first-order valence-corrected chi connectivity index (χ1v) is 11.3. The van der Waals surface area contributed by atoms with E-state index in [0.717, 1.165) is 16.8 Å². The standard InChI is InChI=1S/C21H25ClN2O4S/c1-14-6-4-7-15(2)20(14)23-21(25)16-8-5-11-24(13-16)29(26,27)17-9-10-19(28-3)18(22)12-17/h4,6-7,9-10,12,16H,5,8,11,13H2,1-3H3,(H,23,25)/t16-/m1/s1. The largest absolute Gasteiger partial charge is 0.495 e. The van der Waals surface area contributed by atoms with Gasteiger partial charge in [0.05, 0.1) is 22.9 Å². The number of rotatable bonds is 5. The van der Waals surface area contributed by atoms with Crippen LogP contribution in [0.3, 0.4) is 0 Å². The summed E-state index contributed by atoms with van der Waals surface area (Å²) in [4.78, 5) is 12.9. The third-order valence-corrected chi connectivity index (χ3v) is 7.40. The van der Waals surface area contributed by atoms with Gasteiger partial charge in [-0.3, -0.25) is 4.79 Å². The zero-order chi connectivity index (χ0) is 21.2. The van der Waals surface area contributed by atoms with E-state index in [9.17, 15) is 13.2 Å². The van der Waals surface area contributed by atoms with Crippen LogP contribution in [0.2, 0.25) is 5.02 Å². The molecule has 1 amide bonds. The molecular formula is C21H25ClN2O4S. The average Bonchev–Trinajstić information content (AvgIpc) is 2.70. The maximum atomic E-state index is 13.1. The Morgan fingerprint density at radius 3 is 2.52 bits per heavy atom. The maximum absolute atomic E-state index is 13.1. The van der Waals surface area contributed by atoms with Gasteiger partial charge in [-0.05, 0) is 56.0 Å². The number of anilines is 1. The summed E-state index contributed by atoms with van der Waals surface area (Å²) >= 11 is 6.10. The molecule has 6 nitrogen and oxygen atoms in total. The summed E-state index contributed by atoms with van der Waals surface area (Å²) in [7, 11) is -2.28. The summed E-state index contributed by atoms with van der Waals surface area (Å²) in [6.07, 6.45) is 1.26. The van der Waals surface area contributed by atoms with E-state index in [1.165, 1.54) is 29.6 Å². The Labute approximate surface area is 176 Å². The first-order chi connectivity index (χ1) is 13.7. The SMILES string of the molecule is COc1ccc(S(=O)(=O)N2CCC[C@@H](C(=O)Nc3c(C)cccc3C)C2)cc1Cl. The summed E-state index contributed by atoms with van der Waals surface area (Å²) in [5, 5.41) is 3.22. The molecule has 8 heteroatoms. The minimum absolute atomic E-state index is 0.0964. The number of nitrogens with one attached hydrogen (secondary N) is 1. The number of piperidine rings is 1. The smallest absolute Gasteiger partial charge is 0.243 e. The molecule has 0 aliphatic carbocycles. The highest BCUT2D eigenvalue weighted by Crippen LogP contribution is 2.30. The number of carbonyl (C=O) groups is 1. The van der Waals surface area contributed by atoms with E-state index < -0.39 is 15.9 Å². The van der Waals surface area contributed by atoms with E-state index in [0.29, 0.717) is 25.1 Å². The fraction of sp³-hybridized carbons (Fsp3) is 0.381. The molecule has 1 fully saturated rings. The minimum Gasteiger partial charge on any atom is -0.495 e. The maximum Gasteiger partial charge on any atom is 0.243 e. The zero-order valence-electron chi connectivity index (χ0n) is 16.7. The number of sulfonamides is 1. The van der Waals surface area contributed by atoms with Crippen LogP contribution >= 0.6 is 11.6 Å². The van der Waals surface area contributed by atoms with Crippen LogP contribution in [-0.4, -0.2) is 38.8 Å². The fourth-order valence-electron chi connectivity index (χ4n) is 3.57. The lowest BCUT2D eigenvalue weighted by Gasteiger charge is -2.31. The van der Waals surface area contributed by atoms with Gasteiger partial charge in [-0.15, -0.1) is 0 Å². The number of ether oxygens (including phenoxy) is 1. The van der Waals surface area contributed by atoms with Crippen LogP contribution in [0.15, 0.2) is 41.3 Å². The van der Waals surface area contributed by atoms with Crippen molar-refractivity contribution in [3.8, 4) is 5.75 Å². The number of benzene rings is 2. The van der Waals surface area contributed by atoms with Crippen LogP contribution in [0.1, 0.15) is 24.0 Å². The molecule has 1 saturated heterocycles. The van der Waals surface area contributed by atoms with Crippen LogP contribution in [0, 0.1) is 19.8 Å². The molecule has 2 aromatic rings. The van der Waals surface area contributed by atoms with Crippen molar-refractivity contribution in [3.63, 3.8) is 0 Å². The molecule has 0 bridgehead atoms. The normalized spacial score (nSPS) is 17.7. The summed E-state index contributed by atoms with van der Waals surface area (Å²) < 4.78 is 32.6. The van der Waals surface area contributed by atoms with E-state index in [1.807, 2.05) is 32.0 Å². The van der Waals surface area contributed by atoms with Gasteiger partial charge in [0.2, 0.25) is 15.9 Å². The average molecular weight is 437 g/mol. The summed E-state index contributed by atoms with van der Waals surface area (Å²) in [5.74, 6) is -0.156. The number of methoxy groups -OCH3 is 1. The van der Waals surface area contributed by atoms with Gasteiger partial charge in [0.25, 0.3) is 0 Å². The van der Waals surface area contributed by atoms with Crippen molar-refractivity contribution in [2.24, 2.45) is 5.92 Å². The van der Waals surface area contributed by atoms with Crippen LogP contribution in [-0.2, 0) is 14.8 Å². The van der Waals surface area contributed by atoms with Gasteiger partial charge in [0.15, 0.2) is 0 Å². The van der Waals surface area contributed by atoms with E-state index in [4.69, 9.17) is 16.3 Å². The fourth-order valence-corrected chi connectivity index (χ4v) is 5.44. The molecule has 2 aromatic carbocycles. The minimum atomic E-state index is -3.75. The van der Waals surface area contributed by atoms with E-state index in [2.05, 4.69) is 5.32 Å². The lowest BCUT2D eigenvalue weighted by Crippen LogP contribution is -2.43. The molecule has 0 unspecified atom stereocenters. The topological polar surface area (TPSA) is 75.7 Å². The van der Waals surface area contributed by atoms with Gasteiger partial charge in [-0.2, -0.15) is 4.31 Å². The second-order valence-corrected chi connectivity index (χ2v) is 9.60. The number of aryl methyl sites for hydroxylation is 2. The zero-order valence-corrected chi connectivity index (χ0v) is 18.3. The number of carbonyl (C=O) groups excluding carboxylic acids is 1. The summed E-state index contributed by atoms with van der Waals surface area (Å²) in [6, 6.07) is 10.2. The highest BCUT2D eigenvalue weighted by Gasteiger charge is 2.33. The number of nitrogens with zero attached hydrogens (tertiary/aromatic N) is 1. The van der Waals surface area contributed by atoms with E-state index in [1.54, 1.807) is 0 Å². The predicted octanol–water partition coefficient (Wildman–Crippen LogP) is 4.00. The van der Waals surface area contributed by atoms with Gasteiger partial charge in [-0.1, -0.05) is 29.8 Å². The Morgan fingerprint density at radius 1 is 1.21 bits per heavy atom. The molecule has 0 spiro atoms. The molecule has 0 saturated carbocycles. The molecule has 1 N–H and O–H groups in total. The van der Waals surface area contributed by atoms with E-state index in [-0.39, 0.29) is 22.4 Å². The third kappa shape index (κ3) is 4.57. The molecule has 156 valence electrons. The molecule has 29 heavy (non-hydrogen) atoms. The number of para-hydroxylation sites is 1. The Bertz CT molecular complexity index is 1000. The third-order valence-electron chi connectivity index (χ3n) is 5.25.